The fourth-order valence-corrected chi connectivity index (χ4v) is 2.54. The number of methoxy groups -OCH3 is 1. The van der Waals surface area contributed by atoms with Gasteiger partial charge in [0.15, 0.2) is 5.95 Å². The monoisotopic (exact) mass is 319 g/mol. The number of aromatic nitrogens is 2. The van der Waals surface area contributed by atoms with Crippen LogP contribution < -0.4 is 15.2 Å². The lowest BCUT2D eigenvalue weighted by Gasteiger charge is -2.13. The molecule has 118 valence electrons. The summed E-state index contributed by atoms with van der Waals surface area (Å²) in [6, 6.07) is 5.84. The molecule has 1 aromatic heterocycles. The third-order valence-corrected chi connectivity index (χ3v) is 3.68. The number of nitrogens with two attached hydrogens (primary N) is 1. The number of nitrogens with zero attached hydrogens (tertiary/aromatic N) is 1. The molecule has 6 heteroatoms. The topological polar surface area (TPSA) is 73.2 Å². The van der Waals surface area contributed by atoms with Crippen LogP contribution in [0.25, 0.3) is 0 Å². The number of aryl methyl sites for hydroxylation is 1. The van der Waals surface area contributed by atoms with E-state index in [9.17, 15) is 0 Å². The first-order valence-electron chi connectivity index (χ1n) is 7.20. The Morgan fingerprint density at radius 2 is 2.14 bits per heavy atom. The molecule has 0 spiro atoms. The summed E-state index contributed by atoms with van der Waals surface area (Å²) in [5.74, 6) is 1.92. The molecule has 0 aliphatic heterocycles. The van der Waals surface area contributed by atoms with Crippen molar-refractivity contribution in [2.75, 3.05) is 19.5 Å². The maximum Gasteiger partial charge on any atom is 0.198 e. The zero-order valence-corrected chi connectivity index (χ0v) is 13.9. The van der Waals surface area contributed by atoms with Crippen molar-refractivity contribution in [3.63, 3.8) is 0 Å². The number of ether oxygens (including phenoxy) is 2. The number of nitrogen functional groups attached to an aromatic ring is 1. The van der Waals surface area contributed by atoms with Crippen LogP contribution in [0.15, 0.2) is 18.2 Å². The third-order valence-electron chi connectivity index (χ3n) is 3.35. The standard InChI is InChI=1S/C16H21N3O2S/c1-4-7-21-12-6-5-11(14(9-12)20-3)8-13-10(2)18-16(17)19-15(13)22/h5-6,9H,4,7-8H2,1-3H3,(H3,17,18,19,22). The van der Waals surface area contributed by atoms with Crippen LogP contribution in [-0.2, 0) is 6.42 Å². The van der Waals surface area contributed by atoms with Gasteiger partial charge in [0.25, 0.3) is 0 Å². The summed E-state index contributed by atoms with van der Waals surface area (Å²) in [7, 11) is 1.65. The Balaban J connectivity index is 2.32. The number of nitrogens with one attached hydrogen (secondary N) is 1. The van der Waals surface area contributed by atoms with Crippen LogP contribution in [0.5, 0.6) is 11.5 Å². The van der Waals surface area contributed by atoms with E-state index in [-0.39, 0.29) is 0 Å². The molecule has 5 nitrogen and oxygen atoms in total. The quantitative estimate of drug-likeness (QED) is 0.798. The predicted octanol–water partition coefficient (Wildman–Crippen LogP) is 3.42. The van der Waals surface area contributed by atoms with Gasteiger partial charge in [0.1, 0.15) is 16.1 Å². The lowest BCUT2D eigenvalue weighted by atomic mass is 10.0. The van der Waals surface area contributed by atoms with Crippen molar-refractivity contribution >= 4 is 18.2 Å². The van der Waals surface area contributed by atoms with Crippen LogP contribution in [-0.4, -0.2) is 23.7 Å². The van der Waals surface area contributed by atoms with E-state index in [0.717, 1.165) is 34.7 Å². The second-order valence-corrected chi connectivity index (χ2v) is 5.42. The van der Waals surface area contributed by atoms with E-state index in [1.54, 1.807) is 7.11 Å². The van der Waals surface area contributed by atoms with Crippen LogP contribution in [0.3, 0.4) is 0 Å². The van der Waals surface area contributed by atoms with Crippen LogP contribution in [0.2, 0.25) is 0 Å². The van der Waals surface area contributed by atoms with Crippen molar-refractivity contribution in [1.82, 2.24) is 9.97 Å². The van der Waals surface area contributed by atoms with Crippen LogP contribution in [0.1, 0.15) is 30.2 Å². The number of benzene rings is 1. The normalized spacial score (nSPS) is 10.5. The number of hydrogen-bond acceptors (Lipinski definition) is 5. The third kappa shape index (κ3) is 3.76. The zero-order valence-electron chi connectivity index (χ0n) is 13.1. The molecule has 1 aromatic carbocycles. The highest BCUT2D eigenvalue weighted by molar-refractivity contribution is 7.71. The SMILES string of the molecule is CCCOc1ccc(Cc2c(C)[nH]c(N)nc2=S)c(OC)c1. The Hall–Kier alpha value is -2.08. The van der Waals surface area contributed by atoms with Gasteiger partial charge in [0, 0.05) is 23.7 Å². The van der Waals surface area contributed by atoms with Gasteiger partial charge >= 0.3 is 0 Å². The zero-order chi connectivity index (χ0) is 16.1. The molecule has 0 bridgehead atoms. The van der Waals surface area contributed by atoms with E-state index in [1.807, 2.05) is 25.1 Å². The minimum Gasteiger partial charge on any atom is -0.496 e. The molecule has 0 amide bonds. The van der Waals surface area contributed by atoms with E-state index in [1.165, 1.54) is 0 Å². The van der Waals surface area contributed by atoms with Gasteiger partial charge in [0.2, 0.25) is 0 Å². The Bertz CT molecular complexity index is 713. The van der Waals surface area contributed by atoms with Crippen molar-refractivity contribution in [1.29, 1.82) is 0 Å². The van der Waals surface area contributed by atoms with Crippen molar-refractivity contribution in [2.45, 2.75) is 26.7 Å². The van der Waals surface area contributed by atoms with Crippen molar-refractivity contribution in [3.8, 4) is 11.5 Å². The first-order valence-corrected chi connectivity index (χ1v) is 7.61. The predicted molar refractivity (Wildman–Crippen MR) is 90.2 cm³/mol. The number of H-pyrrole nitrogens is 1. The van der Waals surface area contributed by atoms with E-state index >= 15 is 0 Å². The van der Waals surface area contributed by atoms with Crippen LogP contribution >= 0.6 is 12.2 Å². The average molecular weight is 319 g/mol. The lowest BCUT2D eigenvalue weighted by molar-refractivity contribution is 0.314. The van der Waals surface area contributed by atoms with E-state index in [4.69, 9.17) is 27.4 Å². The highest BCUT2D eigenvalue weighted by Crippen LogP contribution is 2.27. The van der Waals surface area contributed by atoms with E-state index in [0.29, 0.717) is 23.6 Å². The molecule has 0 atom stereocenters. The fourth-order valence-electron chi connectivity index (χ4n) is 2.21. The molecular formula is C16H21N3O2S. The largest absolute Gasteiger partial charge is 0.496 e. The Morgan fingerprint density at radius 1 is 1.36 bits per heavy atom. The first kappa shape index (κ1) is 16.3. The minimum absolute atomic E-state index is 0.335. The molecular weight excluding hydrogens is 298 g/mol. The smallest absolute Gasteiger partial charge is 0.198 e. The molecule has 2 aromatic rings. The highest BCUT2D eigenvalue weighted by Gasteiger charge is 2.10. The second kappa shape index (κ2) is 7.26. The highest BCUT2D eigenvalue weighted by atomic mass is 32.1. The molecule has 0 saturated heterocycles. The van der Waals surface area contributed by atoms with Gasteiger partial charge in [0.05, 0.1) is 13.7 Å². The molecule has 0 aliphatic rings. The number of rotatable bonds is 6. The second-order valence-electron chi connectivity index (χ2n) is 5.03. The number of hydrogen-bond donors (Lipinski definition) is 2. The van der Waals surface area contributed by atoms with Crippen molar-refractivity contribution in [2.24, 2.45) is 0 Å². The van der Waals surface area contributed by atoms with Gasteiger partial charge in [-0.25, -0.2) is 4.98 Å². The fraction of sp³-hybridized carbons (Fsp3) is 0.375. The average Bonchev–Trinajstić information content (AvgIpc) is 2.49. The minimum atomic E-state index is 0.335. The maximum absolute atomic E-state index is 5.67. The van der Waals surface area contributed by atoms with Gasteiger partial charge < -0.3 is 20.2 Å². The Kier molecular flexibility index (Phi) is 5.38. The van der Waals surface area contributed by atoms with E-state index < -0.39 is 0 Å². The van der Waals surface area contributed by atoms with Gasteiger partial charge in [-0.1, -0.05) is 25.2 Å². The maximum atomic E-state index is 5.67. The van der Waals surface area contributed by atoms with Crippen LogP contribution in [0, 0.1) is 11.6 Å². The Labute approximate surface area is 135 Å². The summed E-state index contributed by atoms with van der Waals surface area (Å²) in [6.07, 6.45) is 1.60. The lowest BCUT2D eigenvalue weighted by Crippen LogP contribution is -2.04. The summed E-state index contributed by atoms with van der Waals surface area (Å²) in [6.45, 7) is 4.70. The van der Waals surface area contributed by atoms with Gasteiger partial charge in [-0.3, -0.25) is 0 Å². The summed E-state index contributed by atoms with van der Waals surface area (Å²) < 4.78 is 11.6. The summed E-state index contributed by atoms with van der Waals surface area (Å²) in [5.41, 5.74) is 8.57. The molecule has 0 aliphatic carbocycles. The summed E-state index contributed by atoms with van der Waals surface area (Å²) >= 11 is 5.31. The molecule has 1 heterocycles. The van der Waals surface area contributed by atoms with E-state index in [2.05, 4.69) is 16.9 Å². The number of aromatic amines is 1. The molecule has 0 saturated carbocycles. The van der Waals surface area contributed by atoms with Crippen molar-refractivity contribution in [3.05, 3.63) is 39.7 Å². The Morgan fingerprint density at radius 3 is 2.77 bits per heavy atom. The van der Waals surface area contributed by atoms with Gasteiger partial charge in [-0.15, -0.1) is 0 Å². The van der Waals surface area contributed by atoms with Crippen LogP contribution in [0.4, 0.5) is 5.95 Å². The molecule has 0 unspecified atom stereocenters. The molecule has 0 radical (unpaired) electrons. The number of anilines is 1. The molecule has 2 rings (SSSR count). The molecule has 0 fully saturated rings. The molecule has 3 N–H and O–H groups in total. The molecule has 22 heavy (non-hydrogen) atoms. The van der Waals surface area contributed by atoms with Gasteiger partial charge in [-0.2, -0.15) is 0 Å². The summed E-state index contributed by atoms with van der Waals surface area (Å²) in [5, 5.41) is 0. The summed E-state index contributed by atoms with van der Waals surface area (Å²) in [4.78, 5) is 7.13. The first-order chi connectivity index (χ1) is 10.5. The van der Waals surface area contributed by atoms with Gasteiger partial charge in [-0.05, 0) is 25.0 Å². The van der Waals surface area contributed by atoms with Crippen molar-refractivity contribution < 1.29 is 9.47 Å².